The molecule has 1 aromatic heterocycles. The molecule has 2 amide bonds. The van der Waals surface area contributed by atoms with E-state index in [1.807, 2.05) is 0 Å². The van der Waals surface area contributed by atoms with Crippen molar-refractivity contribution >= 4 is 29.3 Å². The summed E-state index contributed by atoms with van der Waals surface area (Å²) in [7, 11) is 0. The minimum absolute atomic E-state index is 0.00786. The van der Waals surface area contributed by atoms with Crippen molar-refractivity contribution in [1.82, 2.24) is 20.2 Å². The average Bonchev–Trinajstić information content (AvgIpc) is 3.26. The van der Waals surface area contributed by atoms with Gasteiger partial charge in [0.05, 0.1) is 37.4 Å². The van der Waals surface area contributed by atoms with Gasteiger partial charge in [-0.2, -0.15) is 0 Å². The van der Waals surface area contributed by atoms with Crippen LogP contribution >= 0.6 is 0 Å². The first-order valence-corrected chi connectivity index (χ1v) is 11.4. The van der Waals surface area contributed by atoms with E-state index in [1.54, 1.807) is 24.3 Å². The SMILES string of the molecule is O=C1NCc2nc(-c3c(F)cccc3F)nc(Nc3ccc(CC(=O)N4CCOCC4C(=O)O)cc3)c21. The van der Waals surface area contributed by atoms with Crippen molar-refractivity contribution in [3.05, 3.63) is 70.9 Å². The van der Waals surface area contributed by atoms with Gasteiger partial charge in [0.15, 0.2) is 11.9 Å². The molecule has 2 aliphatic heterocycles. The summed E-state index contributed by atoms with van der Waals surface area (Å²) in [5.74, 6) is -3.65. The molecule has 5 rings (SSSR count). The lowest BCUT2D eigenvalue weighted by Gasteiger charge is -2.32. The van der Waals surface area contributed by atoms with Gasteiger partial charge in [-0.15, -0.1) is 0 Å². The molecule has 37 heavy (non-hydrogen) atoms. The molecule has 2 aliphatic rings. The zero-order chi connectivity index (χ0) is 26.1. The van der Waals surface area contributed by atoms with Crippen LogP contribution in [0.4, 0.5) is 20.3 Å². The normalized spacial score (nSPS) is 16.8. The van der Waals surface area contributed by atoms with Crippen molar-refractivity contribution < 1.29 is 33.0 Å². The molecule has 3 heterocycles. The van der Waals surface area contributed by atoms with Gasteiger partial charge in [-0.05, 0) is 29.8 Å². The lowest BCUT2D eigenvalue weighted by Crippen LogP contribution is -2.53. The number of nitrogens with zero attached hydrogens (tertiary/aromatic N) is 3. The first kappa shape index (κ1) is 24.3. The van der Waals surface area contributed by atoms with Gasteiger partial charge in [0.1, 0.15) is 23.0 Å². The number of morpholine rings is 1. The summed E-state index contributed by atoms with van der Waals surface area (Å²) < 4.78 is 33.9. The van der Waals surface area contributed by atoms with Crippen LogP contribution in [0, 0.1) is 11.6 Å². The molecule has 0 saturated carbocycles. The maximum atomic E-state index is 14.4. The predicted molar refractivity (Wildman–Crippen MR) is 126 cm³/mol. The topological polar surface area (TPSA) is 134 Å². The highest BCUT2D eigenvalue weighted by Gasteiger charge is 2.32. The van der Waals surface area contributed by atoms with E-state index < -0.39 is 35.1 Å². The summed E-state index contributed by atoms with van der Waals surface area (Å²) in [4.78, 5) is 46.3. The van der Waals surface area contributed by atoms with Crippen molar-refractivity contribution in [2.75, 3.05) is 25.1 Å². The number of nitrogens with one attached hydrogen (secondary N) is 2. The van der Waals surface area contributed by atoms with Gasteiger partial charge in [-0.3, -0.25) is 9.59 Å². The first-order valence-electron chi connectivity index (χ1n) is 11.4. The van der Waals surface area contributed by atoms with E-state index in [4.69, 9.17) is 4.74 Å². The van der Waals surface area contributed by atoms with Crippen LogP contribution in [-0.4, -0.2) is 63.6 Å². The van der Waals surface area contributed by atoms with Gasteiger partial charge in [0, 0.05) is 12.2 Å². The number of amides is 2. The molecule has 10 nitrogen and oxygen atoms in total. The number of carboxylic acid groups (broad SMARTS) is 1. The number of ether oxygens (including phenoxy) is 1. The standard InChI is InChI=1S/C25H21F2N5O5/c26-15-2-1-3-16(27)20(15)22-30-17-11-28-24(34)21(17)23(31-22)29-14-6-4-13(5-7-14)10-19(33)32-8-9-37-12-18(32)25(35)36/h1-7,18H,8-12H2,(H,28,34)(H,35,36)(H,29,30,31). The largest absolute Gasteiger partial charge is 0.480 e. The number of hydrogen-bond donors (Lipinski definition) is 3. The molecule has 0 aliphatic carbocycles. The molecule has 3 N–H and O–H groups in total. The predicted octanol–water partition coefficient (Wildman–Crippen LogP) is 2.26. The fourth-order valence-corrected chi connectivity index (χ4v) is 4.27. The van der Waals surface area contributed by atoms with Gasteiger partial charge in [-0.1, -0.05) is 18.2 Å². The summed E-state index contributed by atoms with van der Waals surface area (Å²) in [5, 5.41) is 15.0. The number of carbonyl (C=O) groups is 3. The number of benzene rings is 2. The smallest absolute Gasteiger partial charge is 0.328 e. The van der Waals surface area contributed by atoms with Crippen LogP contribution in [0.15, 0.2) is 42.5 Å². The van der Waals surface area contributed by atoms with E-state index in [0.29, 0.717) is 16.9 Å². The number of rotatable bonds is 6. The molecule has 1 fully saturated rings. The Balaban J connectivity index is 1.38. The molecule has 2 aromatic carbocycles. The summed E-state index contributed by atoms with van der Waals surface area (Å²) in [6.07, 6.45) is -0.00786. The molecule has 1 saturated heterocycles. The fraction of sp³-hybridized carbons (Fsp3) is 0.240. The molecular weight excluding hydrogens is 488 g/mol. The quantitative estimate of drug-likeness (QED) is 0.461. The van der Waals surface area contributed by atoms with Crippen LogP contribution in [0.2, 0.25) is 0 Å². The second-order valence-corrected chi connectivity index (χ2v) is 8.51. The van der Waals surface area contributed by atoms with E-state index in [0.717, 1.165) is 12.1 Å². The number of halogens is 2. The second-order valence-electron chi connectivity index (χ2n) is 8.51. The van der Waals surface area contributed by atoms with Crippen LogP contribution in [0.3, 0.4) is 0 Å². The van der Waals surface area contributed by atoms with Gasteiger partial charge in [0.25, 0.3) is 5.91 Å². The summed E-state index contributed by atoms with van der Waals surface area (Å²) >= 11 is 0. The van der Waals surface area contributed by atoms with E-state index in [-0.39, 0.29) is 55.8 Å². The third-order valence-corrected chi connectivity index (χ3v) is 6.12. The van der Waals surface area contributed by atoms with Crippen LogP contribution in [0.1, 0.15) is 21.6 Å². The van der Waals surface area contributed by atoms with Crippen molar-refractivity contribution in [3.8, 4) is 11.4 Å². The Bertz CT molecular complexity index is 1380. The van der Waals surface area contributed by atoms with Crippen molar-refractivity contribution in [3.63, 3.8) is 0 Å². The Labute approximate surface area is 209 Å². The number of carbonyl (C=O) groups excluding carboxylic acids is 2. The third kappa shape index (κ3) is 4.83. The summed E-state index contributed by atoms with van der Waals surface area (Å²) in [6.45, 7) is 0.503. The molecule has 0 radical (unpaired) electrons. The van der Waals surface area contributed by atoms with E-state index in [2.05, 4.69) is 20.6 Å². The lowest BCUT2D eigenvalue weighted by molar-refractivity contribution is -0.158. The van der Waals surface area contributed by atoms with Crippen LogP contribution in [0.25, 0.3) is 11.4 Å². The highest BCUT2D eigenvalue weighted by atomic mass is 19.1. The molecule has 1 atom stereocenters. The lowest BCUT2D eigenvalue weighted by atomic mass is 10.1. The van der Waals surface area contributed by atoms with E-state index in [1.165, 1.54) is 11.0 Å². The maximum absolute atomic E-state index is 14.4. The van der Waals surface area contributed by atoms with E-state index in [9.17, 15) is 28.3 Å². The van der Waals surface area contributed by atoms with Gasteiger partial charge >= 0.3 is 5.97 Å². The third-order valence-electron chi connectivity index (χ3n) is 6.12. The molecule has 3 aromatic rings. The van der Waals surface area contributed by atoms with Gasteiger partial charge in [0.2, 0.25) is 5.91 Å². The fourth-order valence-electron chi connectivity index (χ4n) is 4.27. The molecule has 190 valence electrons. The van der Waals surface area contributed by atoms with Crippen LogP contribution in [0.5, 0.6) is 0 Å². The number of aliphatic carboxylic acids is 1. The number of aromatic nitrogens is 2. The molecule has 0 spiro atoms. The van der Waals surface area contributed by atoms with E-state index >= 15 is 0 Å². The minimum atomic E-state index is -1.12. The molecule has 12 heteroatoms. The number of carboxylic acids is 1. The highest BCUT2D eigenvalue weighted by molar-refractivity contribution is 6.03. The van der Waals surface area contributed by atoms with Crippen LogP contribution in [-0.2, 0) is 27.3 Å². The Morgan fingerprint density at radius 1 is 1.11 bits per heavy atom. The average molecular weight is 509 g/mol. The molecule has 1 unspecified atom stereocenters. The van der Waals surface area contributed by atoms with Gasteiger partial charge < -0.3 is 25.4 Å². The number of hydrogen-bond acceptors (Lipinski definition) is 7. The molecule has 0 bridgehead atoms. The van der Waals surface area contributed by atoms with Crippen molar-refractivity contribution in [2.24, 2.45) is 0 Å². The van der Waals surface area contributed by atoms with Crippen molar-refractivity contribution in [2.45, 2.75) is 19.0 Å². The Morgan fingerprint density at radius 3 is 2.54 bits per heavy atom. The highest BCUT2D eigenvalue weighted by Crippen LogP contribution is 2.30. The maximum Gasteiger partial charge on any atom is 0.328 e. The number of fused-ring (bicyclic) bond motifs is 1. The number of anilines is 2. The Kier molecular flexibility index (Phi) is 6.49. The Hall–Kier alpha value is -4.45. The van der Waals surface area contributed by atoms with Gasteiger partial charge in [-0.25, -0.2) is 23.5 Å². The Morgan fingerprint density at radius 2 is 1.84 bits per heavy atom. The second kappa shape index (κ2) is 9.90. The minimum Gasteiger partial charge on any atom is -0.480 e. The zero-order valence-corrected chi connectivity index (χ0v) is 19.3. The first-order chi connectivity index (χ1) is 17.8. The summed E-state index contributed by atoms with van der Waals surface area (Å²) in [6, 6.07) is 9.07. The van der Waals surface area contributed by atoms with Crippen LogP contribution < -0.4 is 10.6 Å². The summed E-state index contributed by atoms with van der Waals surface area (Å²) in [5.41, 5.74) is 1.23. The monoisotopic (exact) mass is 509 g/mol. The molecular formula is C25H21F2N5O5. The zero-order valence-electron chi connectivity index (χ0n) is 19.3. The van der Waals surface area contributed by atoms with Crippen molar-refractivity contribution in [1.29, 1.82) is 0 Å².